The molecular weight excluding hydrogens is 291 g/mol. The van der Waals surface area contributed by atoms with Gasteiger partial charge in [0.25, 0.3) is 5.69 Å². The van der Waals surface area contributed by atoms with Crippen molar-refractivity contribution in [3.63, 3.8) is 0 Å². The lowest BCUT2D eigenvalue weighted by Crippen LogP contribution is -2.17. The second kappa shape index (κ2) is 7.75. The van der Waals surface area contributed by atoms with Crippen molar-refractivity contribution >= 4 is 17.4 Å². The Morgan fingerprint density at radius 3 is 2.67 bits per heavy atom. The van der Waals surface area contributed by atoms with Crippen LogP contribution in [0.15, 0.2) is 53.4 Å². The van der Waals surface area contributed by atoms with Gasteiger partial charge in [0.05, 0.1) is 4.92 Å². The van der Waals surface area contributed by atoms with Crippen molar-refractivity contribution in [1.29, 1.82) is 0 Å². The maximum absolute atomic E-state index is 13.2. The number of nitrogens with one attached hydrogen (secondary N) is 1. The first kappa shape index (κ1) is 15.5. The Balaban J connectivity index is 1.81. The van der Waals surface area contributed by atoms with Gasteiger partial charge in [0.2, 0.25) is 0 Å². The summed E-state index contributed by atoms with van der Waals surface area (Å²) < 4.78 is 13.2. The fourth-order valence-electron chi connectivity index (χ4n) is 1.85. The Kier molecular flexibility index (Phi) is 5.71. The van der Waals surface area contributed by atoms with E-state index in [2.05, 4.69) is 5.32 Å². The molecule has 0 fully saturated rings. The molecular formula is C15H15FN2O2S. The molecule has 0 aliphatic rings. The Bertz CT molecular complexity index is 608. The Morgan fingerprint density at radius 2 is 1.95 bits per heavy atom. The fourth-order valence-corrected chi connectivity index (χ4v) is 2.69. The molecule has 0 saturated carbocycles. The molecule has 0 amide bonds. The number of nitrogens with zero attached hydrogens (tertiary/aromatic N) is 1. The molecule has 0 atom stereocenters. The van der Waals surface area contributed by atoms with Crippen molar-refractivity contribution in [2.75, 3.05) is 12.3 Å². The van der Waals surface area contributed by atoms with Crippen molar-refractivity contribution in [3.8, 4) is 0 Å². The van der Waals surface area contributed by atoms with Crippen LogP contribution in [-0.2, 0) is 6.54 Å². The van der Waals surface area contributed by atoms with E-state index >= 15 is 0 Å². The van der Waals surface area contributed by atoms with Gasteiger partial charge in [0, 0.05) is 35.4 Å². The average molecular weight is 306 g/mol. The van der Waals surface area contributed by atoms with Crippen LogP contribution in [0.25, 0.3) is 0 Å². The number of benzene rings is 2. The van der Waals surface area contributed by atoms with Gasteiger partial charge in [-0.3, -0.25) is 10.1 Å². The minimum absolute atomic E-state index is 0.0559. The molecule has 110 valence electrons. The van der Waals surface area contributed by atoms with Gasteiger partial charge < -0.3 is 5.32 Å². The second-order valence-corrected chi connectivity index (χ2v) is 5.54. The molecule has 0 aliphatic heterocycles. The quantitative estimate of drug-likeness (QED) is 0.367. The van der Waals surface area contributed by atoms with E-state index in [-0.39, 0.29) is 12.2 Å². The van der Waals surface area contributed by atoms with E-state index in [1.807, 2.05) is 30.3 Å². The molecule has 0 unspecified atom stereocenters. The van der Waals surface area contributed by atoms with E-state index in [9.17, 15) is 14.5 Å². The third kappa shape index (κ3) is 4.84. The van der Waals surface area contributed by atoms with Crippen molar-refractivity contribution in [1.82, 2.24) is 5.32 Å². The minimum Gasteiger partial charge on any atom is -0.312 e. The number of hydrogen-bond acceptors (Lipinski definition) is 4. The van der Waals surface area contributed by atoms with E-state index in [0.29, 0.717) is 12.1 Å². The van der Waals surface area contributed by atoms with Crippen LogP contribution in [0.2, 0.25) is 0 Å². The van der Waals surface area contributed by atoms with Crippen molar-refractivity contribution < 1.29 is 9.31 Å². The maximum atomic E-state index is 13.2. The van der Waals surface area contributed by atoms with Crippen molar-refractivity contribution in [2.45, 2.75) is 11.4 Å². The molecule has 2 aromatic rings. The van der Waals surface area contributed by atoms with E-state index in [0.717, 1.165) is 11.8 Å². The Hall–Kier alpha value is -1.92. The van der Waals surface area contributed by atoms with E-state index in [1.54, 1.807) is 11.8 Å². The summed E-state index contributed by atoms with van der Waals surface area (Å²) in [4.78, 5) is 11.5. The zero-order valence-electron chi connectivity index (χ0n) is 11.3. The van der Waals surface area contributed by atoms with Crippen LogP contribution >= 0.6 is 11.8 Å². The van der Waals surface area contributed by atoms with Gasteiger partial charge in [0.1, 0.15) is 5.82 Å². The zero-order valence-corrected chi connectivity index (χ0v) is 12.1. The number of halogens is 1. The minimum atomic E-state index is -0.491. The van der Waals surface area contributed by atoms with Crippen LogP contribution in [0, 0.1) is 15.9 Å². The lowest BCUT2D eigenvalue weighted by Gasteiger charge is -2.06. The van der Waals surface area contributed by atoms with Gasteiger partial charge in [-0.15, -0.1) is 11.8 Å². The zero-order chi connectivity index (χ0) is 15.1. The summed E-state index contributed by atoms with van der Waals surface area (Å²) in [5, 5.41) is 14.0. The first-order chi connectivity index (χ1) is 10.2. The molecule has 21 heavy (non-hydrogen) atoms. The van der Waals surface area contributed by atoms with E-state index in [1.165, 1.54) is 17.0 Å². The van der Waals surface area contributed by atoms with Crippen LogP contribution in [-0.4, -0.2) is 17.2 Å². The first-order valence-electron chi connectivity index (χ1n) is 6.48. The third-order valence-electron chi connectivity index (χ3n) is 2.84. The molecule has 0 aromatic heterocycles. The SMILES string of the molecule is O=[N+]([O-])c1ccc(F)cc1CNCCSc1ccccc1. The predicted octanol–water partition coefficient (Wildman–Crippen LogP) is 3.62. The summed E-state index contributed by atoms with van der Waals surface area (Å²) in [5.41, 5.74) is 0.310. The number of rotatable bonds is 7. The highest BCUT2D eigenvalue weighted by molar-refractivity contribution is 7.99. The Labute approximate surface area is 126 Å². The molecule has 1 N–H and O–H groups in total. The molecule has 0 spiro atoms. The highest BCUT2D eigenvalue weighted by atomic mass is 32.2. The van der Waals surface area contributed by atoms with Crippen molar-refractivity contribution in [3.05, 3.63) is 70.0 Å². The summed E-state index contributed by atoms with van der Waals surface area (Å²) in [7, 11) is 0. The van der Waals surface area contributed by atoms with Crippen LogP contribution in [0.4, 0.5) is 10.1 Å². The van der Waals surface area contributed by atoms with Gasteiger partial charge in [0.15, 0.2) is 0 Å². The molecule has 0 bridgehead atoms. The molecule has 6 heteroatoms. The Morgan fingerprint density at radius 1 is 1.19 bits per heavy atom. The topological polar surface area (TPSA) is 55.2 Å². The first-order valence-corrected chi connectivity index (χ1v) is 7.47. The lowest BCUT2D eigenvalue weighted by atomic mass is 10.2. The number of hydrogen-bond donors (Lipinski definition) is 1. The van der Waals surface area contributed by atoms with Crippen LogP contribution in [0.5, 0.6) is 0 Å². The summed E-state index contributed by atoms with van der Waals surface area (Å²) >= 11 is 1.70. The van der Waals surface area contributed by atoms with Crippen molar-refractivity contribution in [2.24, 2.45) is 0 Å². The van der Waals surface area contributed by atoms with Gasteiger partial charge in [-0.2, -0.15) is 0 Å². The molecule has 4 nitrogen and oxygen atoms in total. The molecule has 0 aliphatic carbocycles. The van der Waals surface area contributed by atoms with E-state index < -0.39 is 10.7 Å². The van der Waals surface area contributed by atoms with Gasteiger partial charge in [-0.1, -0.05) is 18.2 Å². The lowest BCUT2D eigenvalue weighted by molar-refractivity contribution is -0.385. The summed E-state index contributed by atoms with van der Waals surface area (Å²) in [6, 6.07) is 13.5. The van der Waals surface area contributed by atoms with Gasteiger partial charge >= 0.3 is 0 Å². The molecule has 2 aromatic carbocycles. The molecule has 0 heterocycles. The average Bonchev–Trinajstić information content (AvgIpc) is 2.48. The molecule has 2 rings (SSSR count). The van der Waals surface area contributed by atoms with Crippen LogP contribution in [0.3, 0.4) is 0 Å². The smallest absolute Gasteiger partial charge is 0.274 e. The largest absolute Gasteiger partial charge is 0.312 e. The monoisotopic (exact) mass is 306 g/mol. The second-order valence-electron chi connectivity index (χ2n) is 4.37. The number of nitro groups is 1. The molecule has 0 saturated heterocycles. The van der Waals surface area contributed by atoms with E-state index in [4.69, 9.17) is 0 Å². The summed E-state index contributed by atoms with van der Waals surface area (Å²) in [5.74, 6) is 0.378. The predicted molar refractivity (Wildman–Crippen MR) is 81.9 cm³/mol. The number of thioether (sulfide) groups is 1. The third-order valence-corrected chi connectivity index (χ3v) is 3.86. The normalized spacial score (nSPS) is 10.5. The van der Waals surface area contributed by atoms with Gasteiger partial charge in [-0.25, -0.2) is 4.39 Å². The summed E-state index contributed by atoms with van der Waals surface area (Å²) in [6.07, 6.45) is 0. The van der Waals surface area contributed by atoms with Crippen LogP contribution in [0.1, 0.15) is 5.56 Å². The summed E-state index contributed by atoms with van der Waals surface area (Å²) in [6.45, 7) is 0.969. The van der Waals surface area contributed by atoms with Crippen LogP contribution < -0.4 is 5.32 Å². The molecule has 0 radical (unpaired) electrons. The maximum Gasteiger partial charge on any atom is 0.274 e. The fraction of sp³-hybridized carbons (Fsp3) is 0.200. The highest BCUT2D eigenvalue weighted by Gasteiger charge is 2.13. The standard InChI is InChI=1S/C15H15FN2O2S/c16-13-6-7-15(18(19)20)12(10-13)11-17-8-9-21-14-4-2-1-3-5-14/h1-7,10,17H,8-9,11H2. The highest BCUT2D eigenvalue weighted by Crippen LogP contribution is 2.19. The number of nitro benzene ring substituents is 1. The van der Waals surface area contributed by atoms with Gasteiger partial charge in [-0.05, 0) is 24.3 Å².